The SMILES string of the molecule is CC[C@H](Oc1ccc(OC)cc1)C(=O)N[C@@H](CC)c1ccc(OC)c(C)c1. The number of ether oxygens (including phenoxy) is 3. The van der Waals surface area contributed by atoms with Crippen molar-refractivity contribution in [1.29, 1.82) is 0 Å². The van der Waals surface area contributed by atoms with E-state index in [2.05, 4.69) is 18.3 Å². The molecule has 0 radical (unpaired) electrons. The van der Waals surface area contributed by atoms with Gasteiger partial charge in [-0.2, -0.15) is 0 Å². The Labute approximate surface area is 161 Å². The Morgan fingerprint density at radius 3 is 2.15 bits per heavy atom. The third-order valence-corrected chi connectivity index (χ3v) is 4.55. The molecule has 0 saturated carbocycles. The van der Waals surface area contributed by atoms with Gasteiger partial charge >= 0.3 is 0 Å². The number of nitrogens with one attached hydrogen (secondary N) is 1. The topological polar surface area (TPSA) is 56.8 Å². The maximum absolute atomic E-state index is 12.8. The van der Waals surface area contributed by atoms with Gasteiger partial charge in [-0.05, 0) is 61.2 Å². The third-order valence-electron chi connectivity index (χ3n) is 4.55. The monoisotopic (exact) mass is 371 g/mol. The van der Waals surface area contributed by atoms with Crippen LogP contribution in [0.15, 0.2) is 42.5 Å². The maximum atomic E-state index is 12.8. The van der Waals surface area contributed by atoms with Crippen molar-refractivity contribution in [3.63, 3.8) is 0 Å². The van der Waals surface area contributed by atoms with Crippen LogP contribution in [0.2, 0.25) is 0 Å². The van der Waals surface area contributed by atoms with Gasteiger partial charge in [-0.1, -0.05) is 26.0 Å². The summed E-state index contributed by atoms with van der Waals surface area (Å²) >= 11 is 0. The highest BCUT2D eigenvalue weighted by molar-refractivity contribution is 5.81. The minimum atomic E-state index is -0.549. The van der Waals surface area contributed by atoms with Gasteiger partial charge in [0.1, 0.15) is 17.2 Å². The normalized spacial score (nSPS) is 12.8. The Hall–Kier alpha value is -2.69. The number of hydrogen-bond donors (Lipinski definition) is 1. The van der Waals surface area contributed by atoms with Crippen LogP contribution in [0.4, 0.5) is 0 Å². The molecule has 5 nitrogen and oxygen atoms in total. The minimum Gasteiger partial charge on any atom is -0.497 e. The number of carbonyl (C=O) groups excluding carboxylic acids is 1. The van der Waals surface area contributed by atoms with Crippen molar-refractivity contribution in [1.82, 2.24) is 5.32 Å². The zero-order valence-corrected chi connectivity index (χ0v) is 16.7. The highest BCUT2D eigenvalue weighted by Crippen LogP contribution is 2.25. The number of carbonyl (C=O) groups is 1. The summed E-state index contributed by atoms with van der Waals surface area (Å²) in [5.74, 6) is 2.12. The lowest BCUT2D eigenvalue weighted by atomic mass is 10.0. The number of rotatable bonds is 9. The zero-order chi connectivity index (χ0) is 19.8. The van der Waals surface area contributed by atoms with Crippen molar-refractivity contribution in [2.45, 2.75) is 45.8 Å². The predicted octanol–water partition coefficient (Wildman–Crippen LogP) is 4.44. The van der Waals surface area contributed by atoms with Crippen molar-refractivity contribution < 1.29 is 19.0 Å². The molecule has 27 heavy (non-hydrogen) atoms. The molecule has 0 aromatic heterocycles. The van der Waals surface area contributed by atoms with E-state index in [1.807, 2.05) is 38.1 Å². The number of methoxy groups -OCH3 is 2. The van der Waals surface area contributed by atoms with Crippen molar-refractivity contribution >= 4 is 5.91 Å². The van der Waals surface area contributed by atoms with E-state index >= 15 is 0 Å². The molecule has 2 aromatic carbocycles. The molecular formula is C22H29NO4. The van der Waals surface area contributed by atoms with Crippen LogP contribution in [0.5, 0.6) is 17.2 Å². The van der Waals surface area contributed by atoms with E-state index < -0.39 is 6.10 Å². The minimum absolute atomic E-state index is 0.0735. The molecule has 0 aliphatic rings. The van der Waals surface area contributed by atoms with Crippen LogP contribution in [0.1, 0.15) is 43.9 Å². The van der Waals surface area contributed by atoms with Gasteiger partial charge in [0.2, 0.25) is 0 Å². The van der Waals surface area contributed by atoms with Gasteiger partial charge in [0.15, 0.2) is 6.10 Å². The van der Waals surface area contributed by atoms with Crippen molar-refractivity contribution in [2.75, 3.05) is 14.2 Å². The van der Waals surface area contributed by atoms with Gasteiger partial charge in [-0.3, -0.25) is 4.79 Å². The maximum Gasteiger partial charge on any atom is 0.261 e. The summed E-state index contributed by atoms with van der Waals surface area (Å²) in [7, 11) is 3.27. The molecule has 0 heterocycles. The molecule has 5 heteroatoms. The number of benzene rings is 2. The van der Waals surface area contributed by atoms with E-state index in [1.54, 1.807) is 26.4 Å². The fraction of sp³-hybridized carbons (Fsp3) is 0.409. The van der Waals surface area contributed by atoms with Crippen LogP contribution in [0, 0.1) is 6.92 Å². The second kappa shape index (κ2) is 9.86. The molecular weight excluding hydrogens is 342 g/mol. The van der Waals surface area contributed by atoms with E-state index in [0.29, 0.717) is 12.2 Å². The molecule has 0 aliphatic heterocycles. The van der Waals surface area contributed by atoms with Crippen LogP contribution in [0.3, 0.4) is 0 Å². The Morgan fingerprint density at radius 2 is 1.63 bits per heavy atom. The fourth-order valence-corrected chi connectivity index (χ4v) is 2.94. The summed E-state index contributed by atoms with van der Waals surface area (Å²) in [6.45, 7) is 5.99. The van der Waals surface area contributed by atoms with Crippen LogP contribution >= 0.6 is 0 Å². The van der Waals surface area contributed by atoms with E-state index in [1.165, 1.54) is 0 Å². The van der Waals surface area contributed by atoms with Gasteiger partial charge in [0.05, 0.1) is 20.3 Å². The largest absolute Gasteiger partial charge is 0.497 e. The van der Waals surface area contributed by atoms with Crippen molar-refractivity contribution in [2.24, 2.45) is 0 Å². The quantitative estimate of drug-likeness (QED) is 0.708. The summed E-state index contributed by atoms with van der Waals surface area (Å²) in [5, 5.41) is 3.11. The standard InChI is InChI=1S/C22H29NO4/c1-6-19(16-8-13-21(26-5)15(3)14-16)23-22(24)20(7-2)27-18-11-9-17(25-4)10-12-18/h8-14,19-20H,6-7H2,1-5H3,(H,23,24)/t19-,20-/m0/s1. The molecule has 146 valence electrons. The summed E-state index contributed by atoms with van der Waals surface area (Å²) in [4.78, 5) is 12.8. The smallest absolute Gasteiger partial charge is 0.261 e. The van der Waals surface area contributed by atoms with Crippen LogP contribution in [0.25, 0.3) is 0 Å². The molecule has 1 amide bonds. The highest BCUT2D eigenvalue weighted by Gasteiger charge is 2.22. The first-order valence-electron chi connectivity index (χ1n) is 9.27. The summed E-state index contributed by atoms with van der Waals surface area (Å²) in [6.07, 6.45) is 0.818. The van der Waals surface area contributed by atoms with Crippen LogP contribution in [-0.4, -0.2) is 26.2 Å². The molecule has 0 fully saturated rings. The summed E-state index contributed by atoms with van der Waals surface area (Å²) < 4.78 is 16.3. The number of amides is 1. The predicted molar refractivity (Wildman–Crippen MR) is 107 cm³/mol. The zero-order valence-electron chi connectivity index (χ0n) is 16.7. The van der Waals surface area contributed by atoms with Crippen LogP contribution in [-0.2, 0) is 4.79 Å². The number of hydrogen-bond acceptors (Lipinski definition) is 4. The molecule has 0 saturated heterocycles. The first kappa shape index (κ1) is 20.6. The summed E-state index contributed by atoms with van der Waals surface area (Å²) in [6, 6.07) is 13.1. The van der Waals surface area contributed by atoms with E-state index in [0.717, 1.165) is 29.0 Å². The molecule has 0 aliphatic carbocycles. The Bertz CT molecular complexity index is 742. The average molecular weight is 371 g/mol. The Balaban J connectivity index is 2.07. The first-order chi connectivity index (χ1) is 13.0. The molecule has 2 atom stereocenters. The second-order valence-electron chi connectivity index (χ2n) is 6.39. The summed E-state index contributed by atoms with van der Waals surface area (Å²) in [5.41, 5.74) is 2.10. The van der Waals surface area contributed by atoms with Gasteiger partial charge < -0.3 is 19.5 Å². The molecule has 2 rings (SSSR count). The molecule has 0 spiro atoms. The third kappa shape index (κ3) is 5.39. The second-order valence-corrected chi connectivity index (χ2v) is 6.39. The first-order valence-corrected chi connectivity index (χ1v) is 9.27. The lowest BCUT2D eigenvalue weighted by molar-refractivity contribution is -0.128. The van der Waals surface area contributed by atoms with Gasteiger partial charge in [-0.25, -0.2) is 0 Å². The number of aryl methyl sites for hydroxylation is 1. The molecule has 1 N–H and O–H groups in total. The average Bonchev–Trinajstić information content (AvgIpc) is 2.70. The Morgan fingerprint density at radius 1 is 0.963 bits per heavy atom. The lowest BCUT2D eigenvalue weighted by Crippen LogP contribution is -2.39. The van der Waals surface area contributed by atoms with Gasteiger partial charge in [0, 0.05) is 0 Å². The fourth-order valence-electron chi connectivity index (χ4n) is 2.94. The van der Waals surface area contributed by atoms with Gasteiger partial charge in [0.25, 0.3) is 5.91 Å². The Kier molecular flexibility index (Phi) is 7.53. The van der Waals surface area contributed by atoms with Gasteiger partial charge in [-0.15, -0.1) is 0 Å². The highest BCUT2D eigenvalue weighted by atomic mass is 16.5. The molecule has 0 unspecified atom stereocenters. The van der Waals surface area contributed by atoms with E-state index in [9.17, 15) is 4.79 Å². The van der Waals surface area contributed by atoms with Crippen molar-refractivity contribution in [3.05, 3.63) is 53.6 Å². The van der Waals surface area contributed by atoms with E-state index in [-0.39, 0.29) is 11.9 Å². The lowest BCUT2D eigenvalue weighted by Gasteiger charge is -2.23. The van der Waals surface area contributed by atoms with Crippen molar-refractivity contribution in [3.8, 4) is 17.2 Å². The van der Waals surface area contributed by atoms with Crippen LogP contribution < -0.4 is 19.5 Å². The molecule has 2 aromatic rings. The molecule has 0 bridgehead atoms. The van der Waals surface area contributed by atoms with E-state index in [4.69, 9.17) is 14.2 Å².